The van der Waals surface area contributed by atoms with E-state index in [1.54, 1.807) is 32.0 Å². The summed E-state index contributed by atoms with van der Waals surface area (Å²) in [6, 6.07) is 4.86. The van der Waals surface area contributed by atoms with Gasteiger partial charge in [0.15, 0.2) is 0 Å². The second kappa shape index (κ2) is 8.16. The smallest absolute Gasteiger partial charge is 0.308 e. The SMILES string of the molecule is CCOP(=O)(OCC)[C@H](CC=O)c1ccc(Cl)c(Cl)c1. The summed E-state index contributed by atoms with van der Waals surface area (Å²) >= 11 is 11.8. The van der Waals surface area contributed by atoms with Crippen molar-refractivity contribution in [3.05, 3.63) is 33.8 Å². The van der Waals surface area contributed by atoms with Crippen molar-refractivity contribution < 1.29 is 18.4 Å². The Kier molecular flexibility index (Phi) is 7.21. The fourth-order valence-corrected chi connectivity index (χ4v) is 4.17. The minimum Gasteiger partial charge on any atom is -0.308 e. The Morgan fingerprint density at radius 2 is 1.80 bits per heavy atom. The van der Waals surface area contributed by atoms with Crippen LogP contribution in [0.3, 0.4) is 0 Å². The molecule has 0 heterocycles. The molecule has 0 bridgehead atoms. The Balaban J connectivity index is 3.22. The van der Waals surface area contributed by atoms with Crippen molar-refractivity contribution in [3.63, 3.8) is 0 Å². The van der Waals surface area contributed by atoms with Gasteiger partial charge in [-0.2, -0.15) is 0 Å². The van der Waals surface area contributed by atoms with Gasteiger partial charge >= 0.3 is 7.60 Å². The summed E-state index contributed by atoms with van der Waals surface area (Å²) in [6.45, 7) is 3.90. The zero-order valence-corrected chi connectivity index (χ0v) is 13.8. The van der Waals surface area contributed by atoms with E-state index < -0.39 is 13.3 Å². The second-order valence-corrected chi connectivity index (χ2v) is 7.00. The lowest BCUT2D eigenvalue weighted by molar-refractivity contribution is -0.108. The van der Waals surface area contributed by atoms with Crippen LogP contribution in [0.5, 0.6) is 0 Å². The summed E-state index contributed by atoms with van der Waals surface area (Å²) in [4.78, 5) is 10.9. The number of hydrogen-bond acceptors (Lipinski definition) is 4. The van der Waals surface area contributed by atoms with Crippen LogP contribution in [0, 0.1) is 0 Å². The van der Waals surface area contributed by atoms with E-state index in [-0.39, 0.29) is 19.6 Å². The van der Waals surface area contributed by atoms with Crippen LogP contribution in [0.25, 0.3) is 0 Å². The van der Waals surface area contributed by atoms with E-state index in [1.165, 1.54) is 0 Å². The maximum absolute atomic E-state index is 12.8. The van der Waals surface area contributed by atoms with Gasteiger partial charge in [0.1, 0.15) is 6.29 Å². The molecule has 1 atom stereocenters. The zero-order chi connectivity index (χ0) is 15.2. The fourth-order valence-electron chi connectivity index (χ4n) is 1.84. The van der Waals surface area contributed by atoms with Gasteiger partial charge in [0.25, 0.3) is 0 Å². The van der Waals surface area contributed by atoms with Gasteiger partial charge in [0.2, 0.25) is 0 Å². The molecule has 0 aliphatic rings. The molecule has 0 unspecified atom stereocenters. The van der Waals surface area contributed by atoms with E-state index in [4.69, 9.17) is 32.2 Å². The molecule has 0 aliphatic carbocycles. The van der Waals surface area contributed by atoms with Crippen molar-refractivity contribution in [2.45, 2.75) is 25.9 Å². The molecule has 0 saturated heterocycles. The van der Waals surface area contributed by atoms with E-state index in [9.17, 15) is 9.36 Å². The van der Waals surface area contributed by atoms with E-state index in [0.29, 0.717) is 21.9 Å². The van der Waals surface area contributed by atoms with Crippen LogP contribution in [-0.2, 0) is 18.4 Å². The fraction of sp³-hybridized carbons (Fsp3) is 0.462. The van der Waals surface area contributed by atoms with Crippen LogP contribution in [0.4, 0.5) is 0 Å². The number of carbonyl (C=O) groups excluding carboxylic acids is 1. The van der Waals surface area contributed by atoms with E-state index >= 15 is 0 Å². The molecule has 0 radical (unpaired) electrons. The molecule has 0 aromatic heterocycles. The third-order valence-electron chi connectivity index (χ3n) is 2.65. The van der Waals surface area contributed by atoms with Gasteiger partial charge in [-0.3, -0.25) is 4.57 Å². The normalized spacial score (nSPS) is 13.2. The lowest BCUT2D eigenvalue weighted by atomic mass is 10.1. The van der Waals surface area contributed by atoms with E-state index in [1.807, 2.05) is 0 Å². The Morgan fingerprint density at radius 3 is 2.25 bits per heavy atom. The van der Waals surface area contributed by atoms with Crippen LogP contribution in [-0.4, -0.2) is 19.5 Å². The molecule has 0 aliphatic heterocycles. The molecule has 112 valence electrons. The molecule has 0 saturated carbocycles. The zero-order valence-electron chi connectivity index (χ0n) is 11.3. The van der Waals surface area contributed by atoms with Crippen molar-refractivity contribution >= 4 is 37.1 Å². The largest absolute Gasteiger partial charge is 0.338 e. The van der Waals surface area contributed by atoms with Crippen LogP contribution < -0.4 is 0 Å². The highest BCUT2D eigenvalue weighted by Crippen LogP contribution is 2.62. The topological polar surface area (TPSA) is 52.6 Å². The monoisotopic (exact) mass is 338 g/mol. The molecule has 0 N–H and O–H groups in total. The average molecular weight is 339 g/mol. The molecule has 7 heteroatoms. The Bertz CT molecular complexity index is 497. The first-order valence-corrected chi connectivity index (χ1v) is 8.62. The van der Waals surface area contributed by atoms with E-state index in [2.05, 4.69) is 0 Å². The van der Waals surface area contributed by atoms with Gasteiger partial charge in [-0.15, -0.1) is 0 Å². The molecule has 1 aromatic carbocycles. The molecular formula is C13H17Cl2O4P. The number of carbonyl (C=O) groups is 1. The molecule has 4 nitrogen and oxygen atoms in total. The highest BCUT2D eigenvalue weighted by Gasteiger charge is 2.36. The lowest BCUT2D eigenvalue weighted by Gasteiger charge is -2.25. The third-order valence-corrected chi connectivity index (χ3v) is 5.90. The summed E-state index contributed by atoms with van der Waals surface area (Å²) in [5, 5.41) is 0.725. The summed E-state index contributed by atoms with van der Waals surface area (Å²) in [5.74, 6) is 0. The molecule has 0 amide bonds. The number of rotatable bonds is 8. The van der Waals surface area contributed by atoms with Gasteiger partial charge < -0.3 is 13.8 Å². The van der Waals surface area contributed by atoms with Crippen molar-refractivity contribution in [1.82, 2.24) is 0 Å². The van der Waals surface area contributed by atoms with Crippen molar-refractivity contribution in [2.24, 2.45) is 0 Å². The Morgan fingerprint density at radius 1 is 1.20 bits per heavy atom. The van der Waals surface area contributed by atoms with Gasteiger partial charge in [0, 0.05) is 6.42 Å². The molecular weight excluding hydrogens is 322 g/mol. The molecule has 1 aromatic rings. The predicted molar refractivity (Wildman–Crippen MR) is 80.7 cm³/mol. The third kappa shape index (κ3) is 4.31. The standard InChI is InChI=1S/C13H17Cl2O4P/c1-3-18-20(17,19-4-2)13(7-8-16)10-5-6-11(14)12(15)9-10/h5-6,8-9,13H,3-4,7H2,1-2H3/t13-/m1/s1. The summed E-state index contributed by atoms with van der Waals surface area (Å²) in [5.41, 5.74) is -0.0774. The quantitative estimate of drug-likeness (QED) is 0.500. The van der Waals surface area contributed by atoms with Crippen LogP contribution in [0.15, 0.2) is 18.2 Å². The number of halogens is 2. The van der Waals surface area contributed by atoms with Crippen molar-refractivity contribution in [2.75, 3.05) is 13.2 Å². The number of aldehydes is 1. The molecule has 0 spiro atoms. The minimum atomic E-state index is -3.44. The lowest BCUT2D eigenvalue weighted by Crippen LogP contribution is -2.07. The maximum Gasteiger partial charge on any atom is 0.338 e. The van der Waals surface area contributed by atoms with Crippen LogP contribution in [0.1, 0.15) is 31.5 Å². The summed E-state index contributed by atoms with van der Waals surface area (Å²) < 4.78 is 23.4. The van der Waals surface area contributed by atoms with Gasteiger partial charge in [0.05, 0.1) is 28.9 Å². The minimum absolute atomic E-state index is 0.0231. The Hall–Kier alpha value is -0.380. The number of benzene rings is 1. The first-order valence-electron chi connectivity index (χ1n) is 6.25. The molecule has 1 rings (SSSR count). The number of hydrogen-bond donors (Lipinski definition) is 0. The molecule has 20 heavy (non-hydrogen) atoms. The van der Waals surface area contributed by atoms with Crippen molar-refractivity contribution in [1.29, 1.82) is 0 Å². The van der Waals surface area contributed by atoms with Gasteiger partial charge in [-0.1, -0.05) is 29.3 Å². The van der Waals surface area contributed by atoms with Crippen LogP contribution in [0.2, 0.25) is 10.0 Å². The first-order chi connectivity index (χ1) is 9.48. The van der Waals surface area contributed by atoms with Gasteiger partial charge in [-0.05, 0) is 31.5 Å². The highest BCUT2D eigenvalue weighted by atomic mass is 35.5. The second-order valence-electron chi connectivity index (χ2n) is 3.97. The van der Waals surface area contributed by atoms with E-state index in [0.717, 1.165) is 0 Å². The summed E-state index contributed by atoms with van der Waals surface area (Å²) in [6.07, 6.45) is 0.715. The van der Waals surface area contributed by atoms with Gasteiger partial charge in [-0.25, -0.2) is 0 Å². The van der Waals surface area contributed by atoms with Crippen LogP contribution >= 0.6 is 30.8 Å². The summed E-state index contributed by atoms with van der Waals surface area (Å²) in [7, 11) is -3.44. The predicted octanol–water partition coefficient (Wildman–Crippen LogP) is 4.89. The highest BCUT2D eigenvalue weighted by molar-refractivity contribution is 7.54. The van der Waals surface area contributed by atoms with Crippen molar-refractivity contribution in [3.8, 4) is 0 Å². The first kappa shape index (κ1) is 17.7. The Labute approximate surface area is 128 Å². The molecule has 0 fully saturated rings. The average Bonchev–Trinajstić information content (AvgIpc) is 2.40. The maximum atomic E-state index is 12.8.